The Hall–Kier alpha value is -2.17. The first-order chi connectivity index (χ1) is 10.1. The molecule has 110 valence electrons. The van der Waals surface area contributed by atoms with E-state index in [4.69, 9.17) is 10.5 Å². The van der Waals surface area contributed by atoms with Crippen LogP contribution in [0.15, 0.2) is 18.5 Å². The van der Waals surface area contributed by atoms with Gasteiger partial charge in [0.2, 0.25) is 5.88 Å². The summed E-state index contributed by atoms with van der Waals surface area (Å²) in [6, 6.07) is 2.89. The average molecular weight is 287 g/mol. The molecule has 2 aromatic rings. The van der Waals surface area contributed by atoms with Gasteiger partial charge in [-0.1, -0.05) is 6.42 Å². The zero-order chi connectivity index (χ0) is 14.8. The lowest BCUT2D eigenvalue weighted by Gasteiger charge is -2.13. The number of benzene rings is 1. The Labute approximate surface area is 123 Å². The second-order valence-corrected chi connectivity index (χ2v) is 5.41. The molecule has 21 heavy (non-hydrogen) atoms. The number of fused-ring (bicyclic) bond motifs is 1. The van der Waals surface area contributed by atoms with Crippen molar-refractivity contribution < 1.29 is 9.13 Å². The third-order valence-corrected chi connectivity index (χ3v) is 3.86. The first-order valence-corrected chi connectivity index (χ1v) is 7.21. The van der Waals surface area contributed by atoms with Gasteiger partial charge in [0, 0.05) is 17.3 Å². The summed E-state index contributed by atoms with van der Waals surface area (Å²) in [5.74, 6) is 0.149. The minimum atomic E-state index is -0.473. The topological polar surface area (TPSA) is 61.0 Å². The van der Waals surface area contributed by atoms with Crippen molar-refractivity contribution in [1.82, 2.24) is 9.97 Å². The molecule has 0 saturated carbocycles. The predicted octanol–water partition coefficient (Wildman–Crippen LogP) is 3.57. The van der Waals surface area contributed by atoms with Gasteiger partial charge in [-0.15, -0.1) is 0 Å². The van der Waals surface area contributed by atoms with Crippen LogP contribution in [0.25, 0.3) is 0 Å². The van der Waals surface area contributed by atoms with Crippen molar-refractivity contribution in [3.8, 4) is 11.6 Å². The van der Waals surface area contributed by atoms with Crippen LogP contribution in [0.5, 0.6) is 11.6 Å². The van der Waals surface area contributed by atoms with E-state index in [1.54, 1.807) is 6.07 Å². The Kier molecular flexibility index (Phi) is 3.73. The molecule has 1 heterocycles. The number of nitrogens with zero attached hydrogens (tertiary/aromatic N) is 2. The van der Waals surface area contributed by atoms with Gasteiger partial charge in [0.1, 0.15) is 6.33 Å². The third kappa shape index (κ3) is 2.82. The summed E-state index contributed by atoms with van der Waals surface area (Å²) in [5.41, 5.74) is 8.92. The molecule has 0 atom stereocenters. The maximum Gasteiger partial charge on any atom is 0.225 e. The highest BCUT2D eigenvalue weighted by Gasteiger charge is 2.17. The number of hydrogen-bond acceptors (Lipinski definition) is 4. The fourth-order valence-electron chi connectivity index (χ4n) is 2.61. The molecule has 1 aliphatic carbocycles. The van der Waals surface area contributed by atoms with Crippen molar-refractivity contribution in [3.63, 3.8) is 0 Å². The van der Waals surface area contributed by atoms with Gasteiger partial charge in [-0.3, -0.25) is 0 Å². The van der Waals surface area contributed by atoms with Crippen molar-refractivity contribution in [1.29, 1.82) is 0 Å². The summed E-state index contributed by atoms with van der Waals surface area (Å²) in [7, 11) is 0. The maximum absolute atomic E-state index is 14.0. The van der Waals surface area contributed by atoms with E-state index in [9.17, 15) is 4.39 Å². The number of hydrogen-bond donors (Lipinski definition) is 1. The summed E-state index contributed by atoms with van der Waals surface area (Å²) >= 11 is 0. The second kappa shape index (κ2) is 5.68. The zero-order valence-corrected chi connectivity index (χ0v) is 12.0. The second-order valence-electron chi connectivity index (χ2n) is 5.41. The highest BCUT2D eigenvalue weighted by molar-refractivity contribution is 5.51. The summed E-state index contributed by atoms with van der Waals surface area (Å²) < 4.78 is 19.7. The molecule has 1 aliphatic rings. The standard InChI is InChI=1S/C16H18FN3O/c1-10-7-15(12(17)8-13(10)18)21-16-11-5-3-2-4-6-14(11)19-9-20-16/h7-9H,2-6,18H2,1H3. The number of halogens is 1. The molecular weight excluding hydrogens is 269 g/mol. The lowest BCUT2D eigenvalue weighted by molar-refractivity contribution is 0.420. The molecule has 1 aromatic heterocycles. The van der Waals surface area contributed by atoms with Gasteiger partial charge in [-0.25, -0.2) is 14.4 Å². The van der Waals surface area contributed by atoms with Crippen LogP contribution >= 0.6 is 0 Å². The summed E-state index contributed by atoms with van der Waals surface area (Å²) in [5, 5.41) is 0. The molecule has 5 heteroatoms. The monoisotopic (exact) mass is 287 g/mol. The first kappa shape index (κ1) is 13.8. The average Bonchev–Trinajstić information content (AvgIpc) is 2.71. The van der Waals surface area contributed by atoms with Crippen molar-refractivity contribution in [2.75, 3.05) is 5.73 Å². The number of aryl methyl sites for hydroxylation is 2. The zero-order valence-electron chi connectivity index (χ0n) is 12.0. The minimum Gasteiger partial charge on any atom is -0.436 e. The Morgan fingerprint density at radius 3 is 2.81 bits per heavy atom. The molecular formula is C16H18FN3O. The number of anilines is 1. The summed E-state index contributed by atoms with van der Waals surface area (Å²) in [4.78, 5) is 8.52. The van der Waals surface area contributed by atoms with Crippen LogP contribution < -0.4 is 10.5 Å². The molecule has 4 nitrogen and oxygen atoms in total. The van der Waals surface area contributed by atoms with E-state index in [1.165, 1.54) is 18.8 Å². The Morgan fingerprint density at radius 1 is 1.14 bits per heavy atom. The van der Waals surface area contributed by atoms with E-state index in [-0.39, 0.29) is 5.75 Å². The number of nitrogens with two attached hydrogens (primary N) is 1. The van der Waals surface area contributed by atoms with Crippen molar-refractivity contribution in [2.45, 2.75) is 39.0 Å². The first-order valence-electron chi connectivity index (χ1n) is 7.21. The highest BCUT2D eigenvalue weighted by Crippen LogP contribution is 2.32. The van der Waals surface area contributed by atoms with Gasteiger partial charge in [-0.2, -0.15) is 0 Å². The highest BCUT2D eigenvalue weighted by atomic mass is 19.1. The predicted molar refractivity (Wildman–Crippen MR) is 78.9 cm³/mol. The van der Waals surface area contributed by atoms with E-state index >= 15 is 0 Å². The maximum atomic E-state index is 14.0. The summed E-state index contributed by atoms with van der Waals surface area (Å²) in [6.07, 6.45) is 6.67. The SMILES string of the molecule is Cc1cc(Oc2ncnc3c2CCCCC3)c(F)cc1N. The quantitative estimate of drug-likeness (QED) is 0.677. The Morgan fingerprint density at radius 2 is 1.95 bits per heavy atom. The van der Waals surface area contributed by atoms with Crippen LogP contribution in [0, 0.1) is 12.7 Å². The molecule has 0 spiro atoms. The van der Waals surface area contributed by atoms with Gasteiger partial charge >= 0.3 is 0 Å². The number of nitrogen functional groups attached to an aromatic ring is 1. The molecule has 1 aromatic carbocycles. The van der Waals surface area contributed by atoms with Crippen LogP contribution in [-0.4, -0.2) is 9.97 Å². The van der Waals surface area contributed by atoms with Gasteiger partial charge in [0.25, 0.3) is 0 Å². The Bertz CT molecular complexity index is 673. The van der Waals surface area contributed by atoms with Crippen LogP contribution in [-0.2, 0) is 12.8 Å². The van der Waals surface area contributed by atoms with Crippen LogP contribution in [0.4, 0.5) is 10.1 Å². The lowest BCUT2D eigenvalue weighted by Crippen LogP contribution is -2.03. The van der Waals surface area contributed by atoms with E-state index < -0.39 is 5.82 Å². The Balaban J connectivity index is 1.97. The van der Waals surface area contributed by atoms with E-state index in [0.29, 0.717) is 11.6 Å². The molecule has 2 N–H and O–H groups in total. The van der Waals surface area contributed by atoms with Crippen LogP contribution in [0.2, 0.25) is 0 Å². The third-order valence-electron chi connectivity index (χ3n) is 3.86. The molecule has 0 saturated heterocycles. The molecule has 0 fully saturated rings. The van der Waals surface area contributed by atoms with Crippen molar-refractivity contribution in [2.24, 2.45) is 0 Å². The fraction of sp³-hybridized carbons (Fsp3) is 0.375. The van der Waals surface area contributed by atoms with Gasteiger partial charge in [0.15, 0.2) is 11.6 Å². The molecule has 0 bridgehead atoms. The van der Waals surface area contributed by atoms with Gasteiger partial charge < -0.3 is 10.5 Å². The minimum absolute atomic E-state index is 0.159. The normalized spacial score (nSPS) is 14.4. The lowest BCUT2D eigenvalue weighted by atomic mass is 10.1. The number of rotatable bonds is 2. The smallest absolute Gasteiger partial charge is 0.225 e. The van der Waals surface area contributed by atoms with Crippen LogP contribution in [0.3, 0.4) is 0 Å². The van der Waals surface area contributed by atoms with Crippen molar-refractivity contribution in [3.05, 3.63) is 41.1 Å². The molecule has 0 radical (unpaired) electrons. The van der Waals surface area contributed by atoms with E-state index in [1.807, 2.05) is 6.92 Å². The molecule has 0 unspecified atom stereocenters. The molecule has 0 aliphatic heterocycles. The number of ether oxygens (including phenoxy) is 1. The van der Waals surface area contributed by atoms with Gasteiger partial charge in [-0.05, 0) is 44.2 Å². The summed E-state index contributed by atoms with van der Waals surface area (Å²) in [6.45, 7) is 1.82. The largest absolute Gasteiger partial charge is 0.436 e. The van der Waals surface area contributed by atoms with E-state index in [2.05, 4.69) is 9.97 Å². The number of aromatic nitrogens is 2. The van der Waals surface area contributed by atoms with Crippen molar-refractivity contribution >= 4 is 5.69 Å². The van der Waals surface area contributed by atoms with Gasteiger partial charge in [0.05, 0.1) is 5.69 Å². The van der Waals surface area contributed by atoms with E-state index in [0.717, 1.165) is 42.5 Å². The molecule has 0 amide bonds. The van der Waals surface area contributed by atoms with Crippen LogP contribution in [0.1, 0.15) is 36.1 Å². The molecule has 3 rings (SSSR count). The fourth-order valence-corrected chi connectivity index (χ4v) is 2.61.